The number of alkyl halides is 1. The van der Waals surface area contributed by atoms with Gasteiger partial charge in [0.2, 0.25) is 0 Å². The fourth-order valence-corrected chi connectivity index (χ4v) is 10.9. The van der Waals surface area contributed by atoms with E-state index in [1.807, 2.05) is 38.1 Å². The number of carbonyl (C=O) groups excluding carboxylic acids is 6. The van der Waals surface area contributed by atoms with Gasteiger partial charge in [0.15, 0.2) is 55.3 Å². The number of aliphatic hydroxyl groups is 4. The van der Waals surface area contributed by atoms with E-state index in [4.69, 9.17) is 42.6 Å². The van der Waals surface area contributed by atoms with E-state index in [1.165, 1.54) is 77.8 Å². The van der Waals surface area contributed by atoms with Gasteiger partial charge in [-0.15, -0.1) is 15.3 Å². The molecule has 518 valence electrons. The highest BCUT2D eigenvalue weighted by molar-refractivity contribution is 9.08. The molecule has 3 saturated heterocycles. The van der Waals surface area contributed by atoms with Crippen molar-refractivity contribution in [2.24, 2.45) is 0 Å². The number of aryl methyl sites for hydroxylation is 4. The number of carbonyl (C=O) groups is 6. The minimum absolute atomic E-state index is 0.449. The first-order valence-electron chi connectivity index (χ1n) is 31.5. The number of hydrogen-bond acceptors (Lipinski definition) is 25. The van der Waals surface area contributed by atoms with Crippen LogP contribution in [0, 0.1) is 6.92 Å². The number of rotatable bonds is 20. The largest absolute Gasteiger partial charge is 0.456 e. The van der Waals surface area contributed by atoms with E-state index in [1.54, 1.807) is 18.6 Å². The molecule has 6 heterocycles. The SMILES string of the molecule is CC[C@H]1OC(n2cc(CBr)nn2)[C@H](OC(C)=O)[C@@H](OC(C)=O)[C@@H]1OC(C)=O.CCc1ccc(C)cc1.CCc1ccc(Cc2cn(C3O[C@H](CC)[C@@H](OC(C)=O)[C@H](OC(C)=O)[C@H]3OC(C)=O)nn2)cc1.CCc1ccc(Cc2cn(C3O[C@H](CO)[C@@H](O)[C@H](O)[C@H]3O)nn2)cc1. The normalized spacial score (nSPS) is 25.3. The van der Waals surface area contributed by atoms with Crippen LogP contribution in [0.25, 0.3) is 0 Å². The molecule has 0 spiro atoms. The van der Waals surface area contributed by atoms with Crippen LogP contribution >= 0.6 is 15.9 Å². The summed E-state index contributed by atoms with van der Waals surface area (Å²) in [6.07, 6.45) is -5.43. The monoisotopic (exact) mass is 1390 g/mol. The zero-order valence-electron chi connectivity index (χ0n) is 55.5. The standard InChI is InChI=1S/C24H31N3O7.C17H23N3O5.C16H22BrN3O7.C9H12/c1-6-17-8-10-18(11-9-17)12-19-13-27(26-25-19)24-23(33-16(5)30)22(32-15(4)29)21(31-14(3)28)20(7-2)34-24;1-2-10-3-5-11(6-4-10)7-12-8-20(19-18-12)17-16(24)15(23)14(22)13(9-21)25-17;1-5-12-13(24-8(2)21)14(25-9(3)22)15(26-10(4)23)16(27-12)20-7-11(6-17)18-19-20;1-3-9-6-4-8(2)5-7-9/h8-11,13,20-24H,6-7,12H2,1-5H3;3-6,8,13-17,21-24H,2,7,9H2,1H3;7,12-16H,5-6H2,1-4H3;4-7H,3H2,1-2H3/t20-,21-,22+,23-,24?;13-,14-,15+,16-,17?;12-,13-,14+,15-,16?;/m111./s1. The number of nitrogens with zero attached hydrogens (tertiary/aromatic N) is 9. The van der Waals surface area contributed by atoms with E-state index in [2.05, 4.69) is 123 Å². The molecule has 6 aromatic rings. The minimum atomic E-state index is -1.44. The number of halogens is 1. The topological polar surface area (TPSA) is 359 Å². The Morgan fingerprint density at radius 2 is 0.726 bits per heavy atom. The lowest BCUT2D eigenvalue weighted by Crippen LogP contribution is -2.59. The third-order valence-corrected chi connectivity index (χ3v) is 16.0. The van der Waals surface area contributed by atoms with Crippen molar-refractivity contribution < 1.29 is 91.8 Å². The van der Waals surface area contributed by atoms with Crippen molar-refractivity contribution in [3.63, 3.8) is 0 Å². The van der Waals surface area contributed by atoms with Crippen molar-refractivity contribution >= 4 is 51.7 Å². The van der Waals surface area contributed by atoms with E-state index in [-0.39, 0.29) is 0 Å². The molecule has 3 fully saturated rings. The van der Waals surface area contributed by atoms with Crippen LogP contribution in [0.15, 0.2) is 91.4 Å². The van der Waals surface area contributed by atoms with Gasteiger partial charge in [-0.05, 0) is 66.8 Å². The molecule has 29 heteroatoms. The average Bonchev–Trinajstić information content (AvgIpc) is 1.63. The van der Waals surface area contributed by atoms with Gasteiger partial charge in [-0.25, -0.2) is 14.0 Å². The van der Waals surface area contributed by atoms with Crippen LogP contribution in [0.4, 0.5) is 0 Å². The Labute approximate surface area is 559 Å². The molecule has 3 aliphatic rings. The molecule has 0 aliphatic carbocycles. The van der Waals surface area contributed by atoms with Gasteiger partial charge < -0.3 is 63.1 Å². The lowest BCUT2D eigenvalue weighted by atomic mass is 9.95. The van der Waals surface area contributed by atoms with Crippen molar-refractivity contribution in [2.75, 3.05) is 6.61 Å². The third kappa shape index (κ3) is 21.8. The molecule has 9 rings (SSSR count). The van der Waals surface area contributed by atoms with Crippen LogP contribution in [0.2, 0.25) is 0 Å². The van der Waals surface area contributed by atoms with Crippen molar-refractivity contribution in [2.45, 2.75) is 225 Å². The lowest BCUT2D eigenvalue weighted by Gasteiger charge is -2.44. The van der Waals surface area contributed by atoms with Crippen LogP contribution in [0.1, 0.15) is 158 Å². The Hall–Kier alpha value is -7.90. The van der Waals surface area contributed by atoms with Gasteiger partial charge in [0.1, 0.15) is 36.6 Å². The number of esters is 6. The second kappa shape index (κ2) is 36.8. The molecule has 95 heavy (non-hydrogen) atoms. The Morgan fingerprint density at radius 1 is 0.421 bits per heavy atom. The van der Waals surface area contributed by atoms with Gasteiger partial charge in [0.05, 0.1) is 42.3 Å². The summed E-state index contributed by atoms with van der Waals surface area (Å²) in [6.45, 7) is 19.1. The highest BCUT2D eigenvalue weighted by Gasteiger charge is 2.54. The van der Waals surface area contributed by atoms with E-state index in [0.717, 1.165) is 30.4 Å². The average molecular weight is 1390 g/mol. The summed E-state index contributed by atoms with van der Waals surface area (Å²) in [5, 5.41) is 64.0. The molecular formula is C66H88BrN9O19. The van der Waals surface area contributed by atoms with Crippen LogP contribution in [0.5, 0.6) is 0 Å². The highest BCUT2D eigenvalue weighted by atomic mass is 79.9. The molecule has 15 atom stereocenters. The van der Waals surface area contributed by atoms with Gasteiger partial charge >= 0.3 is 35.8 Å². The van der Waals surface area contributed by atoms with Gasteiger partial charge in [0.25, 0.3) is 0 Å². The van der Waals surface area contributed by atoms with Crippen molar-refractivity contribution in [1.29, 1.82) is 0 Å². The molecule has 0 amide bonds. The summed E-state index contributed by atoms with van der Waals surface area (Å²) in [7, 11) is 0. The van der Waals surface area contributed by atoms with Gasteiger partial charge in [0, 0.05) is 59.7 Å². The number of hydrogen-bond donors (Lipinski definition) is 4. The number of ether oxygens (including phenoxy) is 9. The smallest absolute Gasteiger partial charge is 0.303 e. The molecule has 3 aromatic carbocycles. The van der Waals surface area contributed by atoms with E-state index in [0.29, 0.717) is 48.1 Å². The van der Waals surface area contributed by atoms with Crippen LogP contribution in [-0.2, 0) is 109 Å². The first-order valence-corrected chi connectivity index (χ1v) is 32.6. The van der Waals surface area contributed by atoms with E-state index in [9.17, 15) is 49.2 Å². The van der Waals surface area contributed by atoms with Crippen LogP contribution in [0.3, 0.4) is 0 Å². The quantitative estimate of drug-likeness (QED) is 0.0400. The number of benzene rings is 3. The van der Waals surface area contributed by atoms with E-state index >= 15 is 0 Å². The zero-order chi connectivity index (χ0) is 69.6. The maximum Gasteiger partial charge on any atom is 0.303 e. The summed E-state index contributed by atoms with van der Waals surface area (Å²) in [5.74, 6) is -3.57. The summed E-state index contributed by atoms with van der Waals surface area (Å²) in [6, 6.07) is 25.1. The predicted molar refractivity (Wildman–Crippen MR) is 341 cm³/mol. The Kier molecular flexibility index (Phi) is 29.5. The van der Waals surface area contributed by atoms with Crippen molar-refractivity contribution in [3.05, 3.63) is 142 Å². The Morgan fingerprint density at radius 3 is 1.05 bits per heavy atom. The number of aromatic nitrogens is 9. The second-order valence-corrected chi connectivity index (χ2v) is 23.4. The van der Waals surface area contributed by atoms with Crippen molar-refractivity contribution in [3.8, 4) is 0 Å². The first kappa shape index (κ1) is 76.1. The fraction of sp³-hybridized carbons (Fsp3) is 0.545. The number of aliphatic hydroxyl groups excluding tert-OH is 4. The first-order chi connectivity index (χ1) is 45.3. The Balaban J connectivity index is 0.000000213. The Bertz CT molecular complexity index is 3400. The maximum absolute atomic E-state index is 11.9. The molecule has 3 aromatic heterocycles. The van der Waals surface area contributed by atoms with Crippen LogP contribution in [-0.4, -0.2) is 181 Å². The molecule has 0 radical (unpaired) electrons. The van der Waals surface area contributed by atoms with Crippen LogP contribution < -0.4 is 0 Å². The highest BCUT2D eigenvalue weighted by Crippen LogP contribution is 2.37. The molecule has 0 bridgehead atoms. The van der Waals surface area contributed by atoms with Gasteiger partial charge in [-0.2, -0.15) is 0 Å². The zero-order valence-corrected chi connectivity index (χ0v) is 57.1. The molecule has 0 saturated carbocycles. The summed E-state index contributed by atoms with van der Waals surface area (Å²) in [4.78, 5) is 70.5. The van der Waals surface area contributed by atoms with E-state index < -0.39 is 134 Å². The van der Waals surface area contributed by atoms with Gasteiger partial charge in [-0.3, -0.25) is 28.8 Å². The minimum Gasteiger partial charge on any atom is -0.456 e. The lowest BCUT2D eigenvalue weighted by molar-refractivity contribution is -0.265. The van der Waals surface area contributed by atoms with Gasteiger partial charge in [-0.1, -0.05) is 145 Å². The third-order valence-electron chi connectivity index (χ3n) is 15.5. The molecule has 3 aliphatic heterocycles. The fourth-order valence-electron chi connectivity index (χ4n) is 10.7. The molecule has 28 nitrogen and oxygen atoms in total. The molecular weight excluding hydrogens is 1300 g/mol. The predicted octanol–water partition coefficient (Wildman–Crippen LogP) is 5.77. The summed E-state index contributed by atoms with van der Waals surface area (Å²) < 4.78 is 54.4. The second-order valence-electron chi connectivity index (χ2n) is 22.8. The molecule has 3 unspecified atom stereocenters. The summed E-state index contributed by atoms with van der Waals surface area (Å²) in [5.41, 5.74) is 9.43. The summed E-state index contributed by atoms with van der Waals surface area (Å²) >= 11 is 3.29. The van der Waals surface area contributed by atoms with Crippen molar-refractivity contribution in [1.82, 2.24) is 45.0 Å². The molecule has 4 N–H and O–H groups in total. The maximum atomic E-state index is 11.9.